The first-order valence-electron chi connectivity index (χ1n) is 11.2. The Morgan fingerprint density at radius 1 is 1.09 bits per heavy atom. The number of piperidine rings is 1. The minimum atomic E-state index is -0.894. The summed E-state index contributed by atoms with van der Waals surface area (Å²) in [7, 11) is 0. The third kappa shape index (κ3) is 7.03. The second kappa shape index (κ2) is 12.2. The zero-order valence-electron chi connectivity index (χ0n) is 18.3. The third-order valence-electron chi connectivity index (χ3n) is 5.78. The number of amides is 1. The first-order chi connectivity index (χ1) is 15.6. The van der Waals surface area contributed by atoms with Crippen LogP contribution in [0.4, 0.5) is 0 Å². The monoisotopic (exact) mass is 433 g/mol. The Balaban J connectivity index is 1.53. The number of Topliss-reactive ketones (excluding diaryl/α,β-unsaturated/α-hetero) is 1. The van der Waals surface area contributed by atoms with Crippen molar-refractivity contribution < 1.29 is 14.7 Å². The van der Waals surface area contributed by atoms with Gasteiger partial charge in [-0.15, -0.1) is 0 Å². The molecular weight excluding hydrogens is 402 g/mol. The number of benzene rings is 2. The number of ketones is 1. The Morgan fingerprint density at radius 2 is 1.75 bits per heavy atom. The van der Waals surface area contributed by atoms with Crippen LogP contribution in [0, 0.1) is 17.8 Å². The molecule has 0 saturated carbocycles. The van der Waals surface area contributed by atoms with Gasteiger partial charge >= 0.3 is 0 Å². The lowest BCUT2D eigenvalue weighted by Gasteiger charge is -2.22. The standard InChI is InChI=1S/C26H31N3O3/c27-16-24(25(31)18-30)29-26(32)23-13-11-21(12-14-23)8-7-19-3-5-20(6-4-19)9-10-22-2-1-15-28-17-22/h3-6,11-14,22,24,28,30H,1-2,9-10,15-18,27H2,(H,29,32)/t22?,24-/m0/s1. The van der Waals surface area contributed by atoms with Gasteiger partial charge < -0.3 is 21.5 Å². The Bertz CT molecular complexity index is 953. The summed E-state index contributed by atoms with van der Waals surface area (Å²) in [6, 6.07) is 14.3. The summed E-state index contributed by atoms with van der Waals surface area (Å²) in [6.45, 7) is 1.57. The van der Waals surface area contributed by atoms with Crippen LogP contribution in [-0.2, 0) is 11.2 Å². The summed E-state index contributed by atoms with van der Waals surface area (Å²) in [5.41, 5.74) is 8.96. The van der Waals surface area contributed by atoms with Crippen molar-refractivity contribution in [1.82, 2.24) is 10.6 Å². The fraction of sp³-hybridized carbons (Fsp3) is 0.385. The van der Waals surface area contributed by atoms with Crippen molar-refractivity contribution in [3.63, 3.8) is 0 Å². The number of aliphatic hydroxyl groups excluding tert-OH is 1. The highest BCUT2D eigenvalue weighted by Gasteiger charge is 2.18. The summed E-state index contributed by atoms with van der Waals surface area (Å²) < 4.78 is 0. The van der Waals surface area contributed by atoms with Crippen molar-refractivity contribution in [3.8, 4) is 11.8 Å². The number of carbonyl (C=O) groups excluding carboxylic acids is 2. The summed E-state index contributed by atoms with van der Waals surface area (Å²) in [5, 5.41) is 14.9. The molecule has 2 aromatic rings. The normalized spacial score (nSPS) is 16.5. The molecule has 1 heterocycles. The third-order valence-corrected chi connectivity index (χ3v) is 5.78. The topological polar surface area (TPSA) is 104 Å². The molecule has 0 radical (unpaired) electrons. The number of nitrogens with one attached hydrogen (secondary N) is 2. The van der Waals surface area contributed by atoms with Crippen molar-refractivity contribution in [1.29, 1.82) is 0 Å². The fourth-order valence-corrected chi connectivity index (χ4v) is 3.77. The van der Waals surface area contributed by atoms with Crippen LogP contribution in [0.5, 0.6) is 0 Å². The SMILES string of the molecule is NC[C@H](NC(=O)c1ccc(C#Cc2ccc(CCC3CCCNC3)cc2)cc1)C(=O)CO. The highest BCUT2D eigenvalue weighted by Crippen LogP contribution is 2.17. The molecular formula is C26H31N3O3. The summed E-state index contributed by atoms with van der Waals surface area (Å²) in [5.74, 6) is 6.12. The molecule has 6 heteroatoms. The van der Waals surface area contributed by atoms with E-state index in [2.05, 4.69) is 34.6 Å². The Morgan fingerprint density at radius 3 is 2.31 bits per heavy atom. The highest BCUT2D eigenvalue weighted by atomic mass is 16.3. The van der Waals surface area contributed by atoms with Crippen LogP contribution in [0.3, 0.4) is 0 Å². The second-order valence-corrected chi connectivity index (χ2v) is 8.16. The van der Waals surface area contributed by atoms with E-state index in [9.17, 15) is 9.59 Å². The van der Waals surface area contributed by atoms with Gasteiger partial charge in [0.05, 0.1) is 0 Å². The Kier molecular flexibility index (Phi) is 9.00. The predicted octanol–water partition coefficient (Wildman–Crippen LogP) is 1.64. The minimum Gasteiger partial charge on any atom is -0.388 e. The van der Waals surface area contributed by atoms with Gasteiger partial charge in [-0.25, -0.2) is 0 Å². The maximum atomic E-state index is 12.3. The van der Waals surface area contributed by atoms with Crippen LogP contribution in [0.15, 0.2) is 48.5 Å². The summed E-state index contributed by atoms with van der Waals surface area (Å²) in [4.78, 5) is 23.8. The van der Waals surface area contributed by atoms with Crippen molar-refractivity contribution in [2.24, 2.45) is 11.7 Å². The molecule has 6 nitrogen and oxygen atoms in total. The van der Waals surface area contributed by atoms with Gasteiger partial charge in [0.2, 0.25) is 0 Å². The average molecular weight is 434 g/mol. The van der Waals surface area contributed by atoms with Gasteiger partial charge in [-0.3, -0.25) is 9.59 Å². The van der Waals surface area contributed by atoms with Gasteiger partial charge in [0.15, 0.2) is 5.78 Å². The summed E-state index contributed by atoms with van der Waals surface area (Å²) in [6.07, 6.45) is 4.92. The van der Waals surface area contributed by atoms with E-state index in [0.717, 1.165) is 36.6 Å². The number of carbonyl (C=O) groups is 2. The van der Waals surface area contributed by atoms with Crippen molar-refractivity contribution in [2.75, 3.05) is 26.2 Å². The molecule has 1 aliphatic heterocycles. The first kappa shape index (κ1) is 23.7. The number of aryl methyl sites for hydroxylation is 1. The van der Waals surface area contributed by atoms with Gasteiger partial charge in [-0.1, -0.05) is 24.0 Å². The Hall–Kier alpha value is -2.98. The summed E-state index contributed by atoms with van der Waals surface area (Å²) >= 11 is 0. The van der Waals surface area contributed by atoms with E-state index in [0.29, 0.717) is 5.56 Å². The lowest BCUT2D eigenvalue weighted by Crippen LogP contribution is -2.46. The molecule has 2 atom stereocenters. The molecule has 0 aliphatic carbocycles. The van der Waals surface area contributed by atoms with E-state index in [1.165, 1.54) is 24.8 Å². The molecule has 3 rings (SSSR count). The van der Waals surface area contributed by atoms with Crippen LogP contribution in [0.2, 0.25) is 0 Å². The molecule has 168 valence electrons. The molecule has 32 heavy (non-hydrogen) atoms. The van der Waals surface area contributed by atoms with Crippen molar-refractivity contribution in [3.05, 3.63) is 70.8 Å². The van der Waals surface area contributed by atoms with Crippen molar-refractivity contribution >= 4 is 11.7 Å². The molecule has 0 bridgehead atoms. The molecule has 1 fully saturated rings. The van der Waals surface area contributed by atoms with Crippen molar-refractivity contribution in [2.45, 2.75) is 31.7 Å². The first-order valence-corrected chi connectivity index (χ1v) is 11.2. The number of hydrogen-bond donors (Lipinski definition) is 4. The molecule has 1 aliphatic rings. The molecule has 1 saturated heterocycles. The number of aliphatic hydroxyl groups is 1. The van der Waals surface area contributed by atoms with E-state index in [1.54, 1.807) is 24.3 Å². The van der Waals surface area contributed by atoms with E-state index in [1.807, 2.05) is 12.1 Å². The highest BCUT2D eigenvalue weighted by molar-refractivity contribution is 5.98. The molecule has 1 amide bonds. The van der Waals surface area contributed by atoms with Crippen LogP contribution < -0.4 is 16.4 Å². The zero-order valence-corrected chi connectivity index (χ0v) is 18.3. The predicted molar refractivity (Wildman–Crippen MR) is 125 cm³/mol. The van der Waals surface area contributed by atoms with E-state index in [-0.39, 0.29) is 6.54 Å². The van der Waals surface area contributed by atoms with Gasteiger partial charge in [0, 0.05) is 23.2 Å². The van der Waals surface area contributed by atoms with Gasteiger partial charge in [-0.05, 0) is 86.7 Å². The molecule has 1 unspecified atom stereocenters. The van der Waals surface area contributed by atoms with E-state index < -0.39 is 24.3 Å². The maximum Gasteiger partial charge on any atom is 0.251 e. The van der Waals surface area contributed by atoms with Crippen LogP contribution >= 0.6 is 0 Å². The fourth-order valence-electron chi connectivity index (χ4n) is 3.77. The molecule has 2 aromatic carbocycles. The number of nitrogens with two attached hydrogens (primary N) is 1. The van der Waals surface area contributed by atoms with E-state index >= 15 is 0 Å². The number of rotatable bonds is 8. The van der Waals surface area contributed by atoms with Gasteiger partial charge in [0.25, 0.3) is 5.91 Å². The van der Waals surface area contributed by atoms with Gasteiger partial charge in [-0.2, -0.15) is 0 Å². The van der Waals surface area contributed by atoms with Gasteiger partial charge in [0.1, 0.15) is 12.6 Å². The number of hydrogen-bond acceptors (Lipinski definition) is 5. The van der Waals surface area contributed by atoms with Crippen LogP contribution in [0.25, 0.3) is 0 Å². The molecule has 0 aromatic heterocycles. The Labute approximate surface area is 189 Å². The van der Waals surface area contributed by atoms with Crippen LogP contribution in [-0.4, -0.2) is 49.1 Å². The second-order valence-electron chi connectivity index (χ2n) is 8.16. The van der Waals surface area contributed by atoms with Crippen LogP contribution in [0.1, 0.15) is 46.3 Å². The smallest absolute Gasteiger partial charge is 0.251 e. The lowest BCUT2D eigenvalue weighted by molar-refractivity contribution is -0.123. The quantitative estimate of drug-likeness (QED) is 0.474. The minimum absolute atomic E-state index is 0.0642. The maximum absolute atomic E-state index is 12.3. The average Bonchev–Trinajstić information content (AvgIpc) is 2.85. The van der Waals surface area contributed by atoms with E-state index in [4.69, 9.17) is 10.8 Å². The largest absolute Gasteiger partial charge is 0.388 e. The zero-order chi connectivity index (χ0) is 22.8. The lowest BCUT2D eigenvalue weighted by atomic mass is 9.92. The molecule has 0 spiro atoms. The molecule has 5 N–H and O–H groups in total.